The van der Waals surface area contributed by atoms with Gasteiger partial charge in [0.2, 0.25) is 0 Å². The van der Waals surface area contributed by atoms with Crippen molar-refractivity contribution in [1.29, 1.82) is 0 Å². The maximum absolute atomic E-state index is 12.9. The molecule has 0 bridgehead atoms. The van der Waals surface area contributed by atoms with Crippen molar-refractivity contribution in [1.82, 2.24) is 0 Å². The highest BCUT2D eigenvalue weighted by Crippen LogP contribution is 2.17. The van der Waals surface area contributed by atoms with Crippen LogP contribution in [0.4, 0.5) is 0 Å². The largest absolute Gasteiger partial charge is 0.462 e. The summed E-state index contributed by atoms with van der Waals surface area (Å²) in [5, 5.41) is 0. The van der Waals surface area contributed by atoms with Gasteiger partial charge in [0.1, 0.15) is 13.2 Å². The molecule has 0 aromatic rings. The predicted molar refractivity (Wildman–Crippen MR) is 334 cm³/mol. The van der Waals surface area contributed by atoms with E-state index in [9.17, 15) is 14.4 Å². The highest BCUT2D eigenvalue weighted by atomic mass is 16.6. The summed E-state index contributed by atoms with van der Waals surface area (Å²) in [5.41, 5.74) is 0. The Balaban J connectivity index is 4.32. The van der Waals surface area contributed by atoms with Gasteiger partial charge in [0.05, 0.1) is 0 Å². The second-order valence-electron chi connectivity index (χ2n) is 22.0. The van der Waals surface area contributed by atoms with Gasteiger partial charge in [-0.25, -0.2) is 0 Å². The minimum Gasteiger partial charge on any atom is -0.462 e. The standard InChI is InChI=1S/C71H124O6/c1-4-7-10-13-16-19-22-25-27-29-31-33-34-35-36-38-39-41-43-46-49-52-55-58-61-64-70(73)76-67-68(66-75-69(72)63-60-57-54-51-48-45-24-21-18-15-12-9-6-3)77-71(74)65-62-59-56-53-50-47-44-42-40-37-32-30-28-26-23-20-17-14-11-8-5-2/h7,10,16,19,23,25-27,30-33,40,42,68H,4-6,8-9,11-15,17-18,20-22,24,28-29,34-39,41,43-67H2,1-3H3/b10-7-,19-16-,26-23-,27-25-,32-30-,33-31-,42-40-. The van der Waals surface area contributed by atoms with Gasteiger partial charge in [-0.15, -0.1) is 0 Å². The highest BCUT2D eigenvalue weighted by molar-refractivity contribution is 5.71. The molecule has 0 spiro atoms. The van der Waals surface area contributed by atoms with Crippen molar-refractivity contribution < 1.29 is 28.6 Å². The summed E-state index contributed by atoms with van der Waals surface area (Å²) in [6, 6.07) is 0. The molecular weight excluding hydrogens is 949 g/mol. The first kappa shape index (κ1) is 73.6. The molecule has 0 rings (SSSR count). The van der Waals surface area contributed by atoms with Gasteiger partial charge in [0.25, 0.3) is 0 Å². The molecule has 0 radical (unpaired) electrons. The first-order valence-corrected chi connectivity index (χ1v) is 33.1. The smallest absolute Gasteiger partial charge is 0.306 e. The summed E-state index contributed by atoms with van der Waals surface area (Å²) < 4.78 is 16.9. The fourth-order valence-electron chi connectivity index (χ4n) is 9.44. The van der Waals surface area contributed by atoms with Crippen LogP contribution in [0, 0.1) is 0 Å². The summed E-state index contributed by atoms with van der Waals surface area (Å²) in [6.45, 7) is 6.54. The van der Waals surface area contributed by atoms with Crippen molar-refractivity contribution in [2.45, 2.75) is 335 Å². The molecule has 0 aliphatic heterocycles. The molecule has 1 atom stereocenters. The number of carbonyl (C=O) groups excluding carboxylic acids is 3. The van der Waals surface area contributed by atoms with E-state index < -0.39 is 6.10 Å². The Morgan fingerprint density at radius 1 is 0.273 bits per heavy atom. The zero-order valence-electron chi connectivity index (χ0n) is 51.0. The average Bonchev–Trinajstić information content (AvgIpc) is 3.43. The maximum Gasteiger partial charge on any atom is 0.306 e. The third-order valence-corrected chi connectivity index (χ3v) is 14.4. The first-order valence-electron chi connectivity index (χ1n) is 33.1. The Kier molecular flexibility index (Phi) is 62.2. The van der Waals surface area contributed by atoms with Gasteiger partial charge in [-0.2, -0.15) is 0 Å². The number of allylic oxidation sites excluding steroid dienone is 14. The zero-order valence-corrected chi connectivity index (χ0v) is 51.0. The van der Waals surface area contributed by atoms with Crippen LogP contribution >= 0.6 is 0 Å². The Morgan fingerprint density at radius 2 is 0.506 bits per heavy atom. The van der Waals surface area contributed by atoms with Crippen molar-refractivity contribution in [3.8, 4) is 0 Å². The van der Waals surface area contributed by atoms with E-state index in [0.717, 1.165) is 109 Å². The third-order valence-electron chi connectivity index (χ3n) is 14.4. The molecule has 77 heavy (non-hydrogen) atoms. The first-order chi connectivity index (χ1) is 38.0. The molecule has 444 valence electrons. The van der Waals surface area contributed by atoms with Gasteiger partial charge in [-0.1, -0.05) is 298 Å². The summed E-state index contributed by atoms with van der Waals surface area (Å²) in [7, 11) is 0. The molecule has 0 aromatic heterocycles. The van der Waals surface area contributed by atoms with Gasteiger partial charge in [0, 0.05) is 19.3 Å². The monoisotopic (exact) mass is 1070 g/mol. The molecule has 0 heterocycles. The summed E-state index contributed by atoms with van der Waals surface area (Å²) in [4.78, 5) is 38.4. The summed E-state index contributed by atoms with van der Waals surface area (Å²) in [6.07, 6.45) is 85.9. The van der Waals surface area contributed by atoms with E-state index in [0.29, 0.717) is 19.3 Å². The normalized spacial score (nSPS) is 12.6. The van der Waals surface area contributed by atoms with Gasteiger partial charge in [0.15, 0.2) is 6.10 Å². The van der Waals surface area contributed by atoms with Crippen molar-refractivity contribution >= 4 is 17.9 Å². The van der Waals surface area contributed by atoms with Gasteiger partial charge >= 0.3 is 17.9 Å². The van der Waals surface area contributed by atoms with Crippen molar-refractivity contribution in [3.63, 3.8) is 0 Å². The van der Waals surface area contributed by atoms with Crippen LogP contribution in [0.3, 0.4) is 0 Å². The number of hydrogen-bond donors (Lipinski definition) is 0. The Hall–Kier alpha value is -3.41. The number of ether oxygens (including phenoxy) is 3. The lowest BCUT2D eigenvalue weighted by atomic mass is 10.0. The van der Waals surface area contributed by atoms with E-state index in [1.807, 2.05) is 0 Å². The Labute approximate surface area is 477 Å². The quantitative estimate of drug-likeness (QED) is 0.0261. The van der Waals surface area contributed by atoms with Gasteiger partial charge in [-0.05, 0) is 96.3 Å². The van der Waals surface area contributed by atoms with Crippen LogP contribution in [0.1, 0.15) is 329 Å². The molecule has 0 N–H and O–H groups in total. The molecule has 0 saturated carbocycles. The van der Waals surface area contributed by atoms with Crippen LogP contribution in [0.2, 0.25) is 0 Å². The predicted octanol–water partition coefficient (Wildman–Crippen LogP) is 22.7. The fourth-order valence-corrected chi connectivity index (χ4v) is 9.44. The Morgan fingerprint density at radius 3 is 0.792 bits per heavy atom. The molecule has 0 amide bonds. The number of unbranched alkanes of at least 4 members (excludes halogenated alkanes) is 35. The molecular formula is C71H124O6. The Bertz CT molecular complexity index is 1470. The second kappa shape index (κ2) is 65.1. The molecule has 0 saturated heterocycles. The lowest BCUT2D eigenvalue weighted by Crippen LogP contribution is -2.30. The molecule has 1 unspecified atom stereocenters. The molecule has 0 aromatic carbocycles. The highest BCUT2D eigenvalue weighted by Gasteiger charge is 2.19. The zero-order chi connectivity index (χ0) is 55.7. The lowest BCUT2D eigenvalue weighted by molar-refractivity contribution is -0.167. The van der Waals surface area contributed by atoms with Crippen LogP contribution in [0.15, 0.2) is 85.1 Å². The number of hydrogen-bond acceptors (Lipinski definition) is 6. The van der Waals surface area contributed by atoms with Crippen LogP contribution in [0.25, 0.3) is 0 Å². The minimum absolute atomic E-state index is 0.0790. The SMILES string of the molecule is CC/C=C\C/C=C\C/C=C\C/C=C\CCCCCCCCCCCCCCC(=O)OCC(COC(=O)CCCCCCCCCCCCCCC)OC(=O)CCCCCCCC/C=C\C/C=C\C/C=C\CCCCCCC. The topological polar surface area (TPSA) is 78.9 Å². The van der Waals surface area contributed by atoms with E-state index in [4.69, 9.17) is 14.2 Å². The number of rotatable bonds is 60. The van der Waals surface area contributed by atoms with Gasteiger partial charge < -0.3 is 14.2 Å². The lowest BCUT2D eigenvalue weighted by Gasteiger charge is -2.18. The van der Waals surface area contributed by atoms with E-state index in [1.54, 1.807) is 0 Å². The van der Waals surface area contributed by atoms with Crippen LogP contribution < -0.4 is 0 Å². The van der Waals surface area contributed by atoms with E-state index >= 15 is 0 Å². The molecule has 6 nitrogen and oxygen atoms in total. The summed E-state index contributed by atoms with van der Waals surface area (Å²) in [5.74, 6) is -0.879. The summed E-state index contributed by atoms with van der Waals surface area (Å²) >= 11 is 0. The van der Waals surface area contributed by atoms with Crippen molar-refractivity contribution in [2.75, 3.05) is 13.2 Å². The third kappa shape index (κ3) is 63.3. The molecule has 6 heteroatoms. The maximum atomic E-state index is 12.9. The minimum atomic E-state index is -0.784. The van der Waals surface area contributed by atoms with Crippen molar-refractivity contribution in [3.05, 3.63) is 85.1 Å². The van der Waals surface area contributed by atoms with Crippen LogP contribution in [-0.4, -0.2) is 37.2 Å². The second-order valence-corrected chi connectivity index (χ2v) is 22.0. The molecule has 0 aliphatic carbocycles. The average molecular weight is 1070 g/mol. The number of carbonyl (C=O) groups is 3. The molecule has 0 fully saturated rings. The van der Waals surface area contributed by atoms with E-state index in [1.165, 1.54) is 180 Å². The number of esters is 3. The van der Waals surface area contributed by atoms with E-state index in [-0.39, 0.29) is 31.1 Å². The van der Waals surface area contributed by atoms with Crippen LogP contribution in [0.5, 0.6) is 0 Å². The van der Waals surface area contributed by atoms with Crippen LogP contribution in [-0.2, 0) is 28.6 Å². The fraction of sp³-hybridized carbons (Fsp3) is 0.761. The van der Waals surface area contributed by atoms with Crippen molar-refractivity contribution in [2.24, 2.45) is 0 Å². The van der Waals surface area contributed by atoms with Gasteiger partial charge in [-0.3, -0.25) is 14.4 Å². The molecule has 0 aliphatic rings. The van der Waals surface area contributed by atoms with E-state index in [2.05, 4.69) is 106 Å².